The highest BCUT2D eigenvalue weighted by Gasteiger charge is 2.30. The smallest absolute Gasteiger partial charge is 0.341 e. The molecule has 7 heteroatoms. The summed E-state index contributed by atoms with van der Waals surface area (Å²) in [7, 11) is 1.39. The molecular weight excluding hydrogens is 352 g/mol. The van der Waals surface area contributed by atoms with Crippen LogP contribution < -0.4 is 5.32 Å². The molecule has 0 bridgehead atoms. The number of nitrogens with one attached hydrogen (secondary N) is 1. The lowest BCUT2D eigenvalue weighted by Crippen LogP contribution is -2.48. The van der Waals surface area contributed by atoms with Crippen LogP contribution in [-0.2, 0) is 27.1 Å². The summed E-state index contributed by atoms with van der Waals surface area (Å²) in [6, 6.07) is 0. The second kappa shape index (κ2) is 8.06. The van der Waals surface area contributed by atoms with Crippen molar-refractivity contribution in [3.8, 4) is 0 Å². The maximum absolute atomic E-state index is 12.6. The third-order valence-electron chi connectivity index (χ3n) is 5.02. The molecule has 1 amide bonds. The lowest BCUT2D eigenvalue weighted by molar-refractivity contribution is -0.121. The van der Waals surface area contributed by atoms with Crippen molar-refractivity contribution >= 4 is 28.2 Å². The fraction of sp³-hybridized carbons (Fsp3) is 0.684. The molecule has 1 fully saturated rings. The van der Waals surface area contributed by atoms with Crippen LogP contribution in [0.4, 0.5) is 5.00 Å². The number of carbonyl (C=O) groups excluding carboxylic acids is 2. The van der Waals surface area contributed by atoms with E-state index in [4.69, 9.17) is 9.47 Å². The second-order valence-corrected chi connectivity index (χ2v) is 8.65. The van der Waals surface area contributed by atoms with Gasteiger partial charge in [-0.05, 0) is 44.6 Å². The summed E-state index contributed by atoms with van der Waals surface area (Å²) in [6.45, 7) is 8.03. The Balaban J connectivity index is 1.74. The topological polar surface area (TPSA) is 67.9 Å². The Hall–Kier alpha value is -1.44. The summed E-state index contributed by atoms with van der Waals surface area (Å²) in [5, 5.41) is 3.61. The van der Waals surface area contributed by atoms with Gasteiger partial charge in [0, 0.05) is 18.0 Å². The van der Waals surface area contributed by atoms with Gasteiger partial charge in [0.15, 0.2) is 0 Å². The largest absolute Gasteiger partial charge is 0.465 e. The number of fused-ring (bicyclic) bond motifs is 1. The molecule has 3 atom stereocenters. The number of anilines is 1. The maximum Gasteiger partial charge on any atom is 0.341 e. The van der Waals surface area contributed by atoms with Crippen molar-refractivity contribution in [3.05, 3.63) is 16.0 Å². The summed E-state index contributed by atoms with van der Waals surface area (Å²) in [5.41, 5.74) is 1.61. The average molecular weight is 381 g/mol. The first kappa shape index (κ1) is 19.3. The van der Waals surface area contributed by atoms with Crippen molar-refractivity contribution in [2.45, 2.75) is 52.2 Å². The lowest BCUT2D eigenvalue weighted by Gasteiger charge is -2.34. The number of hydrogen-bond donors (Lipinski definition) is 1. The van der Waals surface area contributed by atoms with E-state index >= 15 is 0 Å². The van der Waals surface area contributed by atoms with E-state index in [9.17, 15) is 9.59 Å². The molecule has 6 nitrogen and oxygen atoms in total. The van der Waals surface area contributed by atoms with Gasteiger partial charge in [0.2, 0.25) is 5.91 Å². The SMILES string of the molecule is COC(=O)c1c(NC(=O)CN2C[C@H](C)O[C@@H](C)C2)sc2c1CC[C@@H](C)C2. The van der Waals surface area contributed by atoms with E-state index in [-0.39, 0.29) is 24.1 Å². The van der Waals surface area contributed by atoms with Gasteiger partial charge in [-0.2, -0.15) is 0 Å². The Morgan fingerprint density at radius 3 is 2.62 bits per heavy atom. The molecule has 0 unspecified atom stereocenters. The van der Waals surface area contributed by atoms with Crippen LogP contribution in [0.15, 0.2) is 0 Å². The predicted molar refractivity (Wildman–Crippen MR) is 102 cm³/mol. The minimum atomic E-state index is -0.360. The fourth-order valence-electron chi connectivity index (χ4n) is 3.94. The first-order valence-electron chi connectivity index (χ1n) is 9.27. The van der Waals surface area contributed by atoms with E-state index in [1.165, 1.54) is 23.3 Å². The van der Waals surface area contributed by atoms with Crippen LogP contribution in [0.2, 0.25) is 0 Å². The Morgan fingerprint density at radius 1 is 1.27 bits per heavy atom. The fourth-order valence-corrected chi connectivity index (χ4v) is 5.35. The number of methoxy groups -OCH3 is 1. The Kier molecular flexibility index (Phi) is 5.99. The number of esters is 1. The van der Waals surface area contributed by atoms with E-state index in [0.717, 1.165) is 37.9 Å². The van der Waals surface area contributed by atoms with Gasteiger partial charge in [0.1, 0.15) is 5.00 Å². The van der Waals surface area contributed by atoms with Gasteiger partial charge >= 0.3 is 5.97 Å². The van der Waals surface area contributed by atoms with Crippen LogP contribution >= 0.6 is 11.3 Å². The first-order chi connectivity index (χ1) is 12.4. The zero-order valence-corrected chi connectivity index (χ0v) is 16.8. The molecule has 1 aliphatic heterocycles. The van der Waals surface area contributed by atoms with Crippen LogP contribution in [0.3, 0.4) is 0 Å². The zero-order chi connectivity index (χ0) is 18.8. The molecule has 2 heterocycles. The number of thiophene rings is 1. The van der Waals surface area contributed by atoms with E-state index in [2.05, 4.69) is 17.1 Å². The second-order valence-electron chi connectivity index (χ2n) is 7.55. The quantitative estimate of drug-likeness (QED) is 0.814. The minimum absolute atomic E-state index is 0.0944. The molecule has 0 spiro atoms. The molecule has 144 valence electrons. The Labute approximate surface area is 158 Å². The Morgan fingerprint density at radius 2 is 1.96 bits per heavy atom. The molecule has 3 rings (SSSR count). The number of hydrogen-bond acceptors (Lipinski definition) is 6. The number of nitrogens with zero attached hydrogens (tertiary/aromatic N) is 1. The van der Waals surface area contributed by atoms with Crippen molar-refractivity contribution in [2.75, 3.05) is 32.1 Å². The van der Waals surface area contributed by atoms with Crippen LogP contribution in [0.1, 0.15) is 48.0 Å². The Bertz CT molecular complexity index is 677. The van der Waals surface area contributed by atoms with Gasteiger partial charge in [-0.1, -0.05) is 6.92 Å². The molecular formula is C19H28N2O4S. The van der Waals surface area contributed by atoms with Gasteiger partial charge in [-0.15, -0.1) is 11.3 Å². The molecule has 1 N–H and O–H groups in total. The van der Waals surface area contributed by atoms with Crippen molar-refractivity contribution < 1.29 is 19.1 Å². The third kappa shape index (κ3) is 4.27. The molecule has 1 aromatic heterocycles. The van der Waals surface area contributed by atoms with Gasteiger partial charge in [-0.3, -0.25) is 9.69 Å². The molecule has 2 aliphatic rings. The highest BCUT2D eigenvalue weighted by Crippen LogP contribution is 2.40. The van der Waals surface area contributed by atoms with E-state index < -0.39 is 0 Å². The molecule has 1 saturated heterocycles. The average Bonchev–Trinajstić information content (AvgIpc) is 2.89. The predicted octanol–water partition coefficient (Wildman–Crippen LogP) is 2.71. The molecule has 0 aromatic carbocycles. The molecule has 0 radical (unpaired) electrons. The van der Waals surface area contributed by atoms with E-state index in [1.54, 1.807) is 0 Å². The normalized spacial score (nSPS) is 26.2. The number of ether oxygens (including phenoxy) is 2. The number of morpholine rings is 1. The van der Waals surface area contributed by atoms with Gasteiger partial charge < -0.3 is 14.8 Å². The summed E-state index contributed by atoms with van der Waals surface area (Å²) in [5.74, 6) is 0.149. The van der Waals surface area contributed by atoms with Gasteiger partial charge in [0.25, 0.3) is 0 Å². The summed E-state index contributed by atoms with van der Waals surface area (Å²) in [6.07, 6.45) is 3.12. The first-order valence-corrected chi connectivity index (χ1v) is 10.1. The highest BCUT2D eigenvalue weighted by atomic mass is 32.1. The number of amides is 1. The van der Waals surface area contributed by atoms with E-state index in [0.29, 0.717) is 23.0 Å². The molecule has 0 saturated carbocycles. The highest BCUT2D eigenvalue weighted by molar-refractivity contribution is 7.17. The maximum atomic E-state index is 12.6. The monoisotopic (exact) mass is 380 g/mol. The minimum Gasteiger partial charge on any atom is -0.465 e. The standard InChI is InChI=1S/C19H28N2O4S/c1-11-5-6-14-15(7-11)26-18(17(14)19(23)24-4)20-16(22)10-21-8-12(2)25-13(3)9-21/h11-13H,5-10H2,1-4H3,(H,20,22)/t11-,12+,13+/m1/s1. The van der Waals surface area contributed by atoms with Gasteiger partial charge in [-0.25, -0.2) is 4.79 Å². The van der Waals surface area contributed by atoms with Crippen molar-refractivity contribution in [1.82, 2.24) is 4.90 Å². The van der Waals surface area contributed by atoms with Gasteiger partial charge in [0.05, 0.1) is 31.4 Å². The van der Waals surface area contributed by atoms with Crippen LogP contribution in [0.5, 0.6) is 0 Å². The van der Waals surface area contributed by atoms with Crippen LogP contribution in [0, 0.1) is 5.92 Å². The number of rotatable bonds is 4. The van der Waals surface area contributed by atoms with Crippen LogP contribution in [-0.4, -0.2) is 55.7 Å². The zero-order valence-electron chi connectivity index (χ0n) is 16.0. The third-order valence-corrected chi connectivity index (χ3v) is 6.19. The van der Waals surface area contributed by atoms with E-state index in [1.807, 2.05) is 13.8 Å². The van der Waals surface area contributed by atoms with Crippen molar-refractivity contribution in [3.63, 3.8) is 0 Å². The summed E-state index contributed by atoms with van der Waals surface area (Å²) in [4.78, 5) is 28.2. The summed E-state index contributed by atoms with van der Waals surface area (Å²) < 4.78 is 10.7. The van der Waals surface area contributed by atoms with Crippen molar-refractivity contribution in [2.24, 2.45) is 5.92 Å². The van der Waals surface area contributed by atoms with Crippen LogP contribution in [0.25, 0.3) is 0 Å². The lowest BCUT2D eigenvalue weighted by atomic mass is 9.88. The summed E-state index contributed by atoms with van der Waals surface area (Å²) >= 11 is 1.52. The van der Waals surface area contributed by atoms with Crippen molar-refractivity contribution in [1.29, 1.82) is 0 Å². The number of carbonyl (C=O) groups is 2. The molecule has 1 aliphatic carbocycles. The molecule has 26 heavy (non-hydrogen) atoms. The molecule has 1 aromatic rings.